The Morgan fingerprint density at radius 3 is 2.59 bits per heavy atom. The Morgan fingerprint density at radius 1 is 1.07 bits per heavy atom. The fourth-order valence-corrected chi connectivity index (χ4v) is 4.44. The lowest BCUT2D eigenvalue weighted by Crippen LogP contribution is -2.22. The molecule has 2 aliphatic rings. The molecule has 0 N–H and O–H groups in total. The Labute approximate surface area is 160 Å². The van der Waals surface area contributed by atoms with E-state index in [1.807, 2.05) is 19.1 Å². The lowest BCUT2D eigenvalue weighted by molar-refractivity contribution is 0.0852. The molecule has 0 radical (unpaired) electrons. The van der Waals surface area contributed by atoms with Gasteiger partial charge in [0.1, 0.15) is 17.4 Å². The van der Waals surface area contributed by atoms with E-state index >= 15 is 0 Å². The molecule has 5 heteroatoms. The second-order valence-electron chi connectivity index (χ2n) is 7.26. The van der Waals surface area contributed by atoms with Gasteiger partial charge in [0.2, 0.25) is 0 Å². The van der Waals surface area contributed by atoms with Gasteiger partial charge >= 0.3 is 5.63 Å². The van der Waals surface area contributed by atoms with Crippen molar-refractivity contribution in [2.24, 2.45) is 0 Å². The van der Waals surface area contributed by atoms with Gasteiger partial charge in [0.05, 0.1) is 17.4 Å². The zero-order valence-electron chi connectivity index (χ0n) is 14.8. The van der Waals surface area contributed by atoms with Crippen LogP contribution in [0, 0.1) is 6.92 Å². The van der Waals surface area contributed by atoms with Crippen LogP contribution in [0.3, 0.4) is 0 Å². The quantitative estimate of drug-likeness (QED) is 0.560. The van der Waals surface area contributed by atoms with Crippen molar-refractivity contribution in [2.75, 3.05) is 0 Å². The summed E-state index contributed by atoms with van der Waals surface area (Å²) >= 11 is 5.99. The van der Waals surface area contributed by atoms with Crippen LogP contribution < -0.4 is 10.4 Å². The fourth-order valence-electron chi connectivity index (χ4n) is 4.31. The van der Waals surface area contributed by atoms with Gasteiger partial charge in [-0.25, -0.2) is 4.79 Å². The lowest BCUT2D eigenvalue weighted by atomic mass is 9.90. The molecule has 3 aromatic rings. The topological polar surface area (TPSA) is 56.5 Å². The van der Waals surface area contributed by atoms with E-state index in [2.05, 4.69) is 0 Å². The molecule has 0 spiro atoms. The molecule has 0 amide bonds. The predicted molar refractivity (Wildman–Crippen MR) is 103 cm³/mol. The predicted octanol–water partition coefficient (Wildman–Crippen LogP) is 4.95. The highest BCUT2D eigenvalue weighted by Crippen LogP contribution is 2.44. The number of hydrogen-bond donors (Lipinski definition) is 0. The van der Waals surface area contributed by atoms with Crippen LogP contribution in [0.2, 0.25) is 5.02 Å². The highest BCUT2D eigenvalue weighted by molar-refractivity contribution is 6.30. The second-order valence-corrected chi connectivity index (χ2v) is 7.69. The smallest absolute Gasteiger partial charge is 0.339 e. The number of aryl methyl sites for hydroxylation is 2. The van der Waals surface area contributed by atoms with Crippen LogP contribution in [0.15, 0.2) is 39.5 Å². The van der Waals surface area contributed by atoms with E-state index in [1.54, 1.807) is 18.2 Å². The van der Waals surface area contributed by atoms with E-state index in [0.717, 1.165) is 40.5 Å². The molecular weight excluding hydrogens is 364 g/mol. The summed E-state index contributed by atoms with van der Waals surface area (Å²) < 4.78 is 11.9. The third-order valence-corrected chi connectivity index (χ3v) is 5.81. The summed E-state index contributed by atoms with van der Waals surface area (Å²) in [6.07, 6.45) is 2.33. The first-order valence-corrected chi connectivity index (χ1v) is 9.48. The normalized spacial score (nSPS) is 18.3. The first kappa shape index (κ1) is 16.6. The number of hydrogen-bond acceptors (Lipinski definition) is 4. The maximum Gasteiger partial charge on any atom is 0.339 e. The van der Waals surface area contributed by atoms with Crippen LogP contribution in [0.1, 0.15) is 51.6 Å². The van der Waals surface area contributed by atoms with Crippen molar-refractivity contribution in [2.45, 2.75) is 38.7 Å². The summed E-state index contributed by atoms with van der Waals surface area (Å²) in [5.41, 5.74) is 4.21. The Balaban J connectivity index is 1.76. The van der Waals surface area contributed by atoms with Gasteiger partial charge in [0.25, 0.3) is 0 Å². The monoisotopic (exact) mass is 380 g/mol. The minimum atomic E-state index is -0.378. The maximum absolute atomic E-state index is 13.0. The highest BCUT2D eigenvalue weighted by Gasteiger charge is 2.33. The number of carbonyl (C=O) groups excluding carboxylic acids is 1. The van der Waals surface area contributed by atoms with Gasteiger partial charge in [0, 0.05) is 10.6 Å². The van der Waals surface area contributed by atoms with Crippen molar-refractivity contribution in [3.63, 3.8) is 0 Å². The van der Waals surface area contributed by atoms with E-state index < -0.39 is 0 Å². The SMILES string of the molecule is Cc1cc2oc(=O)c3c(c2c2c1C(=O)C[C@@H](c1ccc(Cl)cc1)O2)CCC3. The summed E-state index contributed by atoms with van der Waals surface area (Å²) in [5.74, 6) is 0.608. The Hall–Kier alpha value is -2.59. The average molecular weight is 381 g/mol. The molecule has 5 rings (SSSR count). The first-order valence-electron chi connectivity index (χ1n) is 9.10. The molecule has 1 aliphatic heterocycles. The van der Waals surface area contributed by atoms with Crippen LogP contribution in [-0.4, -0.2) is 5.78 Å². The lowest BCUT2D eigenvalue weighted by Gasteiger charge is -2.28. The number of fused-ring (bicyclic) bond motifs is 5. The molecule has 1 atom stereocenters. The number of carbonyl (C=O) groups is 1. The third-order valence-electron chi connectivity index (χ3n) is 5.56. The van der Waals surface area contributed by atoms with Crippen molar-refractivity contribution in [1.29, 1.82) is 0 Å². The van der Waals surface area contributed by atoms with Gasteiger partial charge < -0.3 is 9.15 Å². The highest BCUT2D eigenvalue weighted by atomic mass is 35.5. The van der Waals surface area contributed by atoms with Crippen LogP contribution in [0.4, 0.5) is 0 Å². The van der Waals surface area contributed by atoms with Gasteiger partial charge in [-0.15, -0.1) is 0 Å². The summed E-state index contributed by atoms with van der Waals surface area (Å²) in [6.45, 7) is 1.86. The summed E-state index contributed by atoms with van der Waals surface area (Å²) in [5, 5.41) is 1.43. The van der Waals surface area contributed by atoms with Gasteiger partial charge in [-0.3, -0.25) is 4.79 Å². The van der Waals surface area contributed by atoms with Crippen LogP contribution >= 0.6 is 11.6 Å². The zero-order chi connectivity index (χ0) is 18.7. The van der Waals surface area contributed by atoms with Crippen molar-refractivity contribution in [3.8, 4) is 5.75 Å². The Bertz CT molecular complexity index is 1160. The molecule has 27 heavy (non-hydrogen) atoms. The number of halogens is 1. The van der Waals surface area contributed by atoms with Crippen molar-refractivity contribution < 1.29 is 13.9 Å². The van der Waals surface area contributed by atoms with E-state index in [1.165, 1.54) is 0 Å². The minimum Gasteiger partial charge on any atom is -0.484 e. The Kier molecular flexibility index (Phi) is 3.66. The van der Waals surface area contributed by atoms with Crippen LogP contribution in [0.5, 0.6) is 5.75 Å². The fraction of sp³-hybridized carbons (Fsp3) is 0.273. The van der Waals surface area contributed by atoms with Crippen LogP contribution in [0.25, 0.3) is 11.0 Å². The van der Waals surface area contributed by atoms with E-state index in [0.29, 0.717) is 28.3 Å². The number of rotatable bonds is 1. The van der Waals surface area contributed by atoms with E-state index in [-0.39, 0.29) is 23.9 Å². The van der Waals surface area contributed by atoms with Gasteiger partial charge in [-0.05, 0) is 61.1 Å². The molecule has 1 aromatic heterocycles. The average Bonchev–Trinajstić information content (AvgIpc) is 3.12. The molecule has 4 nitrogen and oxygen atoms in total. The number of ketones is 1. The van der Waals surface area contributed by atoms with Crippen molar-refractivity contribution in [3.05, 3.63) is 73.6 Å². The Morgan fingerprint density at radius 2 is 1.81 bits per heavy atom. The van der Waals surface area contributed by atoms with Crippen LogP contribution in [-0.2, 0) is 12.8 Å². The molecule has 136 valence electrons. The largest absolute Gasteiger partial charge is 0.484 e. The zero-order valence-corrected chi connectivity index (χ0v) is 15.6. The molecule has 0 saturated carbocycles. The molecule has 2 heterocycles. The maximum atomic E-state index is 13.0. The van der Waals surface area contributed by atoms with E-state index in [4.69, 9.17) is 20.8 Å². The summed E-state index contributed by atoms with van der Waals surface area (Å²) in [4.78, 5) is 25.3. The van der Waals surface area contributed by atoms with Gasteiger partial charge in [-0.2, -0.15) is 0 Å². The van der Waals surface area contributed by atoms with Crippen molar-refractivity contribution in [1.82, 2.24) is 0 Å². The summed E-state index contributed by atoms with van der Waals surface area (Å²) in [6, 6.07) is 9.15. The molecule has 1 aliphatic carbocycles. The molecule has 0 fully saturated rings. The molecule has 0 saturated heterocycles. The molecule has 2 aromatic carbocycles. The van der Waals surface area contributed by atoms with Gasteiger partial charge in [0.15, 0.2) is 5.78 Å². The number of ether oxygens (including phenoxy) is 1. The molecule has 0 unspecified atom stereocenters. The third kappa shape index (κ3) is 2.51. The second kappa shape index (κ2) is 5.96. The van der Waals surface area contributed by atoms with Gasteiger partial charge in [-0.1, -0.05) is 23.7 Å². The molecule has 0 bridgehead atoms. The number of benzene rings is 2. The summed E-state index contributed by atoms with van der Waals surface area (Å²) in [7, 11) is 0. The van der Waals surface area contributed by atoms with Crippen molar-refractivity contribution >= 4 is 28.4 Å². The standard InChI is InChI=1S/C22H17ClO4/c1-11-9-18-20(14-3-2-4-15(14)22(25)27-18)21-19(11)16(24)10-17(26-21)12-5-7-13(23)8-6-12/h5-9,17H,2-4,10H2,1H3/t17-/m0/s1. The minimum absolute atomic E-state index is 0.0496. The number of Topliss-reactive ketones (excluding diaryl/α,β-unsaturated/α-hetero) is 1. The molecular formula is C22H17ClO4. The van der Waals surface area contributed by atoms with E-state index in [9.17, 15) is 9.59 Å². The first-order chi connectivity index (χ1) is 13.0.